The summed E-state index contributed by atoms with van der Waals surface area (Å²) >= 11 is 0. The zero-order valence-corrected chi connectivity index (χ0v) is 10.7. The van der Waals surface area contributed by atoms with Gasteiger partial charge in [0, 0.05) is 25.2 Å². The number of hydrogen-bond acceptors (Lipinski definition) is 5. The molecule has 1 aromatic heterocycles. The highest BCUT2D eigenvalue weighted by molar-refractivity contribution is 5.79. The fourth-order valence-electron chi connectivity index (χ4n) is 2.11. The standard InChI is InChI=1S/C12H15N3O4/c1-19-11-5-4-10(15(17)18)9(13-11)8-12(16)14-6-2-3-7-14/h4-5H,2-3,6-8H2,1H3. The lowest BCUT2D eigenvalue weighted by Gasteiger charge is -2.14. The number of ether oxygens (including phenoxy) is 1. The molecular formula is C12H15N3O4. The Bertz CT molecular complexity index is 498. The average molecular weight is 265 g/mol. The Balaban J connectivity index is 2.21. The first-order valence-corrected chi connectivity index (χ1v) is 6.08. The number of aromatic nitrogens is 1. The predicted octanol–water partition coefficient (Wildman–Crippen LogP) is 1.16. The van der Waals surface area contributed by atoms with Crippen LogP contribution in [0.25, 0.3) is 0 Å². The van der Waals surface area contributed by atoms with Crippen molar-refractivity contribution >= 4 is 11.6 Å². The number of amides is 1. The van der Waals surface area contributed by atoms with Gasteiger partial charge in [-0.25, -0.2) is 4.98 Å². The first-order valence-electron chi connectivity index (χ1n) is 6.08. The molecule has 19 heavy (non-hydrogen) atoms. The van der Waals surface area contributed by atoms with Gasteiger partial charge in [-0.05, 0) is 12.8 Å². The van der Waals surface area contributed by atoms with Crippen molar-refractivity contribution in [3.8, 4) is 5.88 Å². The molecule has 1 aromatic rings. The first kappa shape index (κ1) is 13.3. The Morgan fingerprint density at radius 2 is 2.16 bits per heavy atom. The molecule has 0 saturated carbocycles. The van der Waals surface area contributed by atoms with Gasteiger partial charge in [0.1, 0.15) is 5.69 Å². The van der Waals surface area contributed by atoms with Gasteiger partial charge in [-0.3, -0.25) is 14.9 Å². The third kappa shape index (κ3) is 2.98. The van der Waals surface area contributed by atoms with Crippen LogP contribution in [0.4, 0.5) is 5.69 Å². The van der Waals surface area contributed by atoms with Gasteiger partial charge in [0.15, 0.2) is 0 Å². The number of likely N-dealkylation sites (tertiary alicyclic amines) is 1. The number of rotatable bonds is 4. The first-order chi connectivity index (χ1) is 9.11. The van der Waals surface area contributed by atoms with Gasteiger partial charge >= 0.3 is 0 Å². The average Bonchev–Trinajstić information content (AvgIpc) is 2.92. The van der Waals surface area contributed by atoms with Crippen molar-refractivity contribution in [1.82, 2.24) is 9.88 Å². The van der Waals surface area contributed by atoms with Gasteiger partial charge in [-0.15, -0.1) is 0 Å². The van der Waals surface area contributed by atoms with Crippen LogP contribution < -0.4 is 4.74 Å². The molecule has 1 amide bonds. The van der Waals surface area contributed by atoms with Crippen LogP contribution in [0.15, 0.2) is 12.1 Å². The summed E-state index contributed by atoms with van der Waals surface area (Å²) in [6, 6.07) is 2.74. The summed E-state index contributed by atoms with van der Waals surface area (Å²) in [6.07, 6.45) is 1.91. The minimum Gasteiger partial charge on any atom is -0.481 e. The maximum atomic E-state index is 12.0. The van der Waals surface area contributed by atoms with Crippen LogP contribution in [0.5, 0.6) is 5.88 Å². The fraction of sp³-hybridized carbons (Fsp3) is 0.500. The lowest BCUT2D eigenvalue weighted by Crippen LogP contribution is -2.29. The molecule has 0 N–H and O–H groups in total. The minimum atomic E-state index is -0.529. The van der Waals surface area contributed by atoms with Crippen molar-refractivity contribution in [3.05, 3.63) is 27.9 Å². The largest absolute Gasteiger partial charge is 0.481 e. The minimum absolute atomic E-state index is 0.0620. The molecule has 7 nitrogen and oxygen atoms in total. The molecule has 0 aliphatic carbocycles. The Labute approximate surface area is 110 Å². The summed E-state index contributed by atoms with van der Waals surface area (Å²) in [5.41, 5.74) is 0.00889. The van der Waals surface area contributed by atoms with Gasteiger partial charge in [0.25, 0.3) is 5.69 Å². The normalized spacial score (nSPS) is 14.5. The highest BCUT2D eigenvalue weighted by atomic mass is 16.6. The quantitative estimate of drug-likeness (QED) is 0.602. The number of methoxy groups -OCH3 is 1. The van der Waals surface area contributed by atoms with E-state index < -0.39 is 4.92 Å². The van der Waals surface area contributed by atoms with Crippen molar-refractivity contribution in [2.45, 2.75) is 19.3 Å². The monoisotopic (exact) mass is 265 g/mol. The third-order valence-corrected chi connectivity index (χ3v) is 3.11. The Morgan fingerprint density at radius 3 is 2.74 bits per heavy atom. The van der Waals surface area contributed by atoms with E-state index in [4.69, 9.17) is 4.74 Å². The molecule has 1 saturated heterocycles. The van der Waals surface area contributed by atoms with Crippen molar-refractivity contribution in [1.29, 1.82) is 0 Å². The smallest absolute Gasteiger partial charge is 0.291 e. The molecule has 2 heterocycles. The molecule has 1 aliphatic rings. The van der Waals surface area contributed by atoms with Crippen LogP contribution in [-0.2, 0) is 11.2 Å². The summed E-state index contributed by atoms with van der Waals surface area (Å²) in [5.74, 6) is 0.149. The topological polar surface area (TPSA) is 85.6 Å². The molecule has 0 radical (unpaired) electrons. The summed E-state index contributed by atoms with van der Waals surface area (Å²) in [5, 5.41) is 10.9. The highest BCUT2D eigenvalue weighted by Crippen LogP contribution is 2.21. The molecule has 7 heteroatoms. The van der Waals surface area contributed by atoms with Gasteiger partial charge in [0.05, 0.1) is 18.5 Å². The maximum absolute atomic E-state index is 12.0. The second-order valence-corrected chi connectivity index (χ2v) is 4.34. The number of nitro groups is 1. The Kier molecular flexibility index (Phi) is 3.94. The second kappa shape index (κ2) is 5.64. The predicted molar refractivity (Wildman–Crippen MR) is 67.0 cm³/mol. The number of carbonyl (C=O) groups is 1. The SMILES string of the molecule is COc1ccc([N+](=O)[O-])c(CC(=O)N2CCCC2)n1. The number of hydrogen-bond donors (Lipinski definition) is 0. The lowest BCUT2D eigenvalue weighted by atomic mass is 10.2. The summed E-state index contributed by atoms with van der Waals surface area (Å²) < 4.78 is 4.94. The van der Waals surface area contributed by atoms with E-state index in [9.17, 15) is 14.9 Å². The molecule has 1 fully saturated rings. The van der Waals surface area contributed by atoms with Crippen molar-refractivity contribution < 1.29 is 14.5 Å². The molecule has 2 rings (SSSR count). The van der Waals surface area contributed by atoms with Gasteiger partial charge < -0.3 is 9.64 Å². The molecule has 0 unspecified atom stereocenters. The van der Waals surface area contributed by atoms with Crippen molar-refractivity contribution in [3.63, 3.8) is 0 Å². The van der Waals surface area contributed by atoms with Crippen LogP contribution in [0.2, 0.25) is 0 Å². The van der Waals surface area contributed by atoms with E-state index in [1.165, 1.54) is 19.2 Å². The van der Waals surface area contributed by atoms with E-state index in [1.54, 1.807) is 4.90 Å². The van der Waals surface area contributed by atoms with Crippen LogP contribution in [-0.4, -0.2) is 40.9 Å². The molecule has 1 aliphatic heterocycles. The molecule has 0 bridgehead atoms. The van der Waals surface area contributed by atoms with Gasteiger partial charge in [0.2, 0.25) is 11.8 Å². The second-order valence-electron chi connectivity index (χ2n) is 4.34. The van der Waals surface area contributed by atoms with E-state index >= 15 is 0 Å². The van der Waals surface area contributed by atoms with Crippen LogP contribution in [0, 0.1) is 10.1 Å². The molecule has 102 valence electrons. The van der Waals surface area contributed by atoms with Crippen molar-refractivity contribution in [2.75, 3.05) is 20.2 Å². The van der Waals surface area contributed by atoms with E-state index in [-0.39, 0.29) is 29.6 Å². The van der Waals surface area contributed by atoms with Gasteiger partial charge in [-0.2, -0.15) is 0 Å². The number of nitrogens with zero attached hydrogens (tertiary/aromatic N) is 3. The lowest BCUT2D eigenvalue weighted by molar-refractivity contribution is -0.385. The van der Waals surface area contributed by atoms with E-state index in [0.29, 0.717) is 0 Å². The Morgan fingerprint density at radius 1 is 1.47 bits per heavy atom. The van der Waals surface area contributed by atoms with Crippen LogP contribution in [0.3, 0.4) is 0 Å². The Hall–Kier alpha value is -2.18. The van der Waals surface area contributed by atoms with Crippen LogP contribution >= 0.6 is 0 Å². The van der Waals surface area contributed by atoms with Crippen molar-refractivity contribution in [2.24, 2.45) is 0 Å². The number of carbonyl (C=O) groups excluding carboxylic acids is 1. The highest BCUT2D eigenvalue weighted by Gasteiger charge is 2.23. The maximum Gasteiger partial charge on any atom is 0.291 e. The molecule has 0 aromatic carbocycles. The zero-order chi connectivity index (χ0) is 13.8. The van der Waals surface area contributed by atoms with Crippen LogP contribution in [0.1, 0.15) is 18.5 Å². The summed E-state index contributed by atoms with van der Waals surface area (Å²) in [7, 11) is 1.43. The third-order valence-electron chi connectivity index (χ3n) is 3.11. The summed E-state index contributed by atoms with van der Waals surface area (Å²) in [6.45, 7) is 1.44. The molecular weight excluding hydrogens is 250 g/mol. The van der Waals surface area contributed by atoms with Gasteiger partial charge in [-0.1, -0.05) is 0 Å². The fourth-order valence-corrected chi connectivity index (χ4v) is 2.11. The summed E-state index contributed by atoms with van der Waals surface area (Å²) in [4.78, 5) is 28.1. The van der Waals surface area contributed by atoms with E-state index in [1.807, 2.05) is 0 Å². The van der Waals surface area contributed by atoms with E-state index in [2.05, 4.69) is 4.98 Å². The molecule has 0 atom stereocenters. The number of pyridine rings is 1. The zero-order valence-electron chi connectivity index (χ0n) is 10.7. The van der Waals surface area contributed by atoms with E-state index in [0.717, 1.165) is 25.9 Å². The molecule has 0 spiro atoms.